The van der Waals surface area contributed by atoms with Crippen molar-refractivity contribution in [3.05, 3.63) is 285 Å². The van der Waals surface area contributed by atoms with Crippen LogP contribution in [0.1, 0.15) is 0 Å². The molecule has 77 heavy (non-hydrogen) atoms. The Kier molecular flexibility index (Phi) is 10.9. The molecule has 15 aromatic rings. The van der Waals surface area contributed by atoms with E-state index < -0.39 is 16.1 Å². The third-order valence-corrected chi connectivity index (χ3v) is 28.4. The zero-order valence-corrected chi connectivity index (χ0v) is 45.4. The van der Waals surface area contributed by atoms with Crippen molar-refractivity contribution in [2.45, 2.75) is 0 Å². The van der Waals surface area contributed by atoms with Crippen LogP contribution in [0.4, 0.5) is 0 Å². The first kappa shape index (κ1) is 45.6. The Labute approximate surface area is 456 Å². The Balaban J connectivity index is 1.02. The molecule has 0 aliphatic heterocycles. The topological polar surface area (TPSA) is 30.7 Å². The summed E-state index contributed by atoms with van der Waals surface area (Å²) in [4.78, 5) is 9.92. The second-order valence-corrected chi connectivity index (χ2v) is 29.5. The maximum absolute atomic E-state index is 5.07. The van der Waals surface area contributed by atoms with E-state index in [0.717, 1.165) is 27.2 Å². The Morgan fingerprint density at radius 3 is 1.29 bits per heavy atom. The molecule has 0 radical (unpaired) electrons. The maximum atomic E-state index is 5.07. The summed E-state index contributed by atoms with van der Waals surface area (Å²) in [7, 11) is -6.29. The van der Waals surface area contributed by atoms with Crippen molar-refractivity contribution < 1.29 is 0 Å². The molecule has 11 aromatic carbocycles. The SMILES string of the molecule is c1ccc([Si](c2ccccc2)(c2cccc(-c3ncnc4c3sc3ccccc34)c2)c2cccc3c2sc2c([Si](c4ccccc4)(c4ccccc4)c4cccc(-n5c6ccccc6c6ccccc65)c4)cccc23)cc1. The molecule has 0 amide bonds. The van der Waals surface area contributed by atoms with E-state index in [0.29, 0.717) is 0 Å². The van der Waals surface area contributed by atoms with Crippen LogP contribution in [0.25, 0.3) is 79.2 Å². The van der Waals surface area contributed by atoms with Crippen LogP contribution in [0.5, 0.6) is 0 Å². The summed E-state index contributed by atoms with van der Waals surface area (Å²) in [6, 6.07) is 105. The van der Waals surface area contributed by atoms with E-state index in [4.69, 9.17) is 9.97 Å². The van der Waals surface area contributed by atoms with Crippen LogP contribution in [0.15, 0.2) is 285 Å². The first-order valence-electron chi connectivity index (χ1n) is 26.2. The van der Waals surface area contributed by atoms with Crippen molar-refractivity contribution in [2.24, 2.45) is 0 Å². The molecule has 0 unspecified atom stereocenters. The highest BCUT2D eigenvalue weighted by molar-refractivity contribution is 7.33. The molecule has 362 valence electrons. The zero-order valence-electron chi connectivity index (χ0n) is 41.8. The Hall–Kier alpha value is -8.83. The van der Waals surface area contributed by atoms with E-state index in [9.17, 15) is 0 Å². The molecule has 0 spiro atoms. The molecule has 15 rings (SSSR count). The van der Waals surface area contributed by atoms with Crippen LogP contribution < -0.4 is 41.5 Å². The first-order chi connectivity index (χ1) is 38.2. The molecule has 0 saturated heterocycles. The average Bonchev–Trinajstić information content (AvgIpc) is 4.33. The van der Waals surface area contributed by atoms with Gasteiger partial charge in [0.2, 0.25) is 0 Å². The normalized spacial score (nSPS) is 12.2. The van der Waals surface area contributed by atoms with Gasteiger partial charge in [-0.2, -0.15) is 0 Å². The number of benzene rings is 11. The van der Waals surface area contributed by atoms with Crippen molar-refractivity contribution in [3.63, 3.8) is 0 Å². The van der Waals surface area contributed by atoms with Gasteiger partial charge < -0.3 is 4.57 Å². The first-order valence-corrected chi connectivity index (χ1v) is 31.8. The van der Waals surface area contributed by atoms with Gasteiger partial charge in [-0.3, -0.25) is 0 Å². The van der Waals surface area contributed by atoms with Gasteiger partial charge in [-0.05, 0) is 71.8 Å². The summed E-state index contributed by atoms with van der Waals surface area (Å²) in [5, 5.41) is 17.1. The van der Waals surface area contributed by atoms with Crippen LogP contribution in [0.3, 0.4) is 0 Å². The van der Waals surface area contributed by atoms with Gasteiger partial charge in [0.25, 0.3) is 0 Å². The Morgan fingerprint density at radius 2 is 0.740 bits per heavy atom. The molecule has 0 aliphatic rings. The molecule has 0 N–H and O–H groups in total. The van der Waals surface area contributed by atoms with E-state index in [1.165, 1.54) is 93.6 Å². The molecule has 0 aliphatic carbocycles. The quantitative estimate of drug-likeness (QED) is 0.101. The van der Waals surface area contributed by atoms with Crippen LogP contribution in [0, 0.1) is 0 Å². The second-order valence-electron chi connectivity index (χ2n) is 19.9. The third kappa shape index (κ3) is 6.98. The monoisotopic (exact) mass is 1050 g/mol. The summed E-state index contributed by atoms with van der Waals surface area (Å²) in [6.45, 7) is 0. The van der Waals surface area contributed by atoms with Crippen molar-refractivity contribution in [1.29, 1.82) is 0 Å². The fourth-order valence-corrected chi connectivity index (χ4v) is 26.0. The molecular formula is C70H47N3S2Si2. The standard InChI is InChI=1S/C70H47N3S2Si2/c1-5-25-50(26-6-1)76(51-27-7-2-8-28-51,54-33-19-23-48(45-54)66-70-67(72-47-71-66)60-37-15-18-42-63(60)74-70)64-43-21-38-58-59-39-22-44-65(69(59)75-68(58)64)77(52-29-9-3-10-30-52,53-31-11-4-12-32-53)55-34-20-24-49(46-55)73-61-40-16-13-35-56(61)57-36-14-17-41-62(57)73/h1-47H. The van der Waals surface area contributed by atoms with Gasteiger partial charge in [-0.1, -0.05) is 249 Å². The summed E-state index contributed by atoms with van der Waals surface area (Å²) in [5.74, 6) is 0. The van der Waals surface area contributed by atoms with E-state index >= 15 is 0 Å². The van der Waals surface area contributed by atoms with Gasteiger partial charge >= 0.3 is 0 Å². The minimum Gasteiger partial charge on any atom is -0.309 e. The lowest BCUT2D eigenvalue weighted by Gasteiger charge is -2.35. The number of thiophene rings is 2. The molecule has 4 heterocycles. The summed E-state index contributed by atoms with van der Waals surface area (Å²) >= 11 is 3.77. The smallest absolute Gasteiger partial charge is 0.181 e. The fourth-order valence-electron chi connectivity index (χ4n) is 12.8. The van der Waals surface area contributed by atoms with Crippen molar-refractivity contribution >= 4 is 143 Å². The van der Waals surface area contributed by atoms with Crippen LogP contribution in [-0.2, 0) is 0 Å². The molecule has 0 atom stereocenters. The summed E-state index contributed by atoms with van der Waals surface area (Å²) in [5.41, 5.74) is 6.64. The van der Waals surface area contributed by atoms with Gasteiger partial charge in [0.1, 0.15) is 6.33 Å². The molecule has 0 fully saturated rings. The maximum Gasteiger partial charge on any atom is 0.181 e. The number of nitrogens with zero attached hydrogens (tertiary/aromatic N) is 3. The second kappa shape index (κ2) is 18.5. The molecule has 0 saturated carbocycles. The lowest BCUT2D eigenvalue weighted by atomic mass is 10.1. The summed E-state index contributed by atoms with van der Waals surface area (Å²) in [6.07, 6.45) is 1.74. The molecule has 0 bridgehead atoms. The predicted octanol–water partition coefficient (Wildman–Crippen LogP) is 12.7. The van der Waals surface area contributed by atoms with Gasteiger partial charge in [0.05, 0.1) is 26.9 Å². The van der Waals surface area contributed by atoms with E-state index in [1.54, 1.807) is 17.7 Å². The highest BCUT2D eigenvalue weighted by atomic mass is 32.1. The van der Waals surface area contributed by atoms with Crippen LogP contribution in [-0.4, -0.2) is 30.7 Å². The number of hydrogen-bond acceptors (Lipinski definition) is 4. The van der Waals surface area contributed by atoms with Crippen molar-refractivity contribution in [3.8, 4) is 16.9 Å². The minimum absolute atomic E-state index is 0.970. The fraction of sp³-hybridized carbons (Fsp3) is 0. The zero-order chi connectivity index (χ0) is 50.9. The molecular weight excluding hydrogens is 1000 g/mol. The number of para-hydroxylation sites is 2. The van der Waals surface area contributed by atoms with Gasteiger partial charge in [-0.15, -0.1) is 22.7 Å². The summed E-state index contributed by atoms with van der Waals surface area (Å²) < 4.78 is 7.47. The van der Waals surface area contributed by atoms with Crippen molar-refractivity contribution in [2.75, 3.05) is 0 Å². The van der Waals surface area contributed by atoms with Gasteiger partial charge in [0.15, 0.2) is 16.1 Å². The largest absolute Gasteiger partial charge is 0.309 e. The average molecular weight is 1050 g/mol. The number of rotatable bonds is 10. The van der Waals surface area contributed by atoms with Crippen LogP contribution in [0.2, 0.25) is 0 Å². The van der Waals surface area contributed by atoms with E-state index in [1.807, 2.05) is 11.3 Å². The van der Waals surface area contributed by atoms with Gasteiger partial charge in [0, 0.05) is 52.3 Å². The predicted molar refractivity (Wildman–Crippen MR) is 335 cm³/mol. The van der Waals surface area contributed by atoms with Crippen molar-refractivity contribution in [1.82, 2.24) is 14.5 Å². The Bertz CT molecular complexity index is 4570. The van der Waals surface area contributed by atoms with Gasteiger partial charge in [-0.25, -0.2) is 9.97 Å². The molecule has 4 aromatic heterocycles. The Morgan fingerprint density at radius 1 is 0.312 bits per heavy atom. The lowest BCUT2D eigenvalue weighted by molar-refractivity contribution is 1.18. The molecule has 3 nitrogen and oxygen atoms in total. The van der Waals surface area contributed by atoms with E-state index in [-0.39, 0.29) is 0 Å². The number of aromatic nitrogens is 3. The van der Waals surface area contributed by atoms with Crippen LogP contribution >= 0.6 is 22.7 Å². The lowest BCUT2D eigenvalue weighted by Crippen LogP contribution is -2.75. The number of fused-ring (bicyclic) bond motifs is 9. The third-order valence-electron chi connectivity index (χ3n) is 16.0. The minimum atomic E-state index is -3.15. The molecule has 7 heteroatoms. The highest BCUT2D eigenvalue weighted by Gasteiger charge is 2.46. The number of hydrogen-bond donors (Lipinski definition) is 0. The highest BCUT2D eigenvalue weighted by Crippen LogP contribution is 2.39. The van der Waals surface area contributed by atoms with E-state index in [2.05, 4.69) is 284 Å².